The van der Waals surface area contributed by atoms with E-state index in [1.165, 1.54) is 0 Å². The molecule has 2 rings (SSSR count). The maximum atomic E-state index is 11.0. The summed E-state index contributed by atoms with van der Waals surface area (Å²) in [5.74, 6) is -1.55. The minimum absolute atomic E-state index is 0.0231. The van der Waals surface area contributed by atoms with Gasteiger partial charge in [0.1, 0.15) is 5.78 Å². The number of Topliss-reactive ketones (excluding diaryl/α,β-unsaturated/α-hetero) is 1. The predicted octanol–water partition coefficient (Wildman–Crippen LogP) is 0.462. The average molecular weight is 152 g/mol. The first kappa shape index (κ1) is 6.58. The van der Waals surface area contributed by atoms with Crippen LogP contribution in [0, 0.1) is 17.8 Å². The topological polar surface area (TPSA) is 54.4 Å². The molecule has 0 radical (unpaired) electrons. The first-order valence-corrected chi connectivity index (χ1v) is 3.64. The van der Waals surface area contributed by atoms with Gasteiger partial charge in [0.2, 0.25) is 0 Å². The number of carbonyl (C=O) groups excluding carboxylic acids is 1. The van der Waals surface area contributed by atoms with Crippen LogP contribution in [0.15, 0.2) is 12.2 Å². The van der Waals surface area contributed by atoms with Crippen LogP contribution >= 0.6 is 0 Å². The molecular weight excluding hydrogens is 144 g/mol. The quantitative estimate of drug-likeness (QED) is 0.555. The van der Waals surface area contributed by atoms with Crippen LogP contribution in [0.3, 0.4) is 0 Å². The second-order valence-electron chi connectivity index (χ2n) is 3.11. The lowest BCUT2D eigenvalue weighted by Gasteiger charge is -2.06. The Morgan fingerprint density at radius 1 is 1.55 bits per heavy atom. The zero-order chi connectivity index (χ0) is 8.01. The summed E-state index contributed by atoms with van der Waals surface area (Å²) in [5, 5.41) is 8.72. The monoisotopic (exact) mass is 152 g/mol. The third-order valence-electron chi connectivity index (χ3n) is 2.51. The first-order chi connectivity index (χ1) is 5.20. The Morgan fingerprint density at radius 3 is 2.55 bits per heavy atom. The van der Waals surface area contributed by atoms with Crippen molar-refractivity contribution >= 4 is 11.8 Å². The van der Waals surface area contributed by atoms with Crippen LogP contribution in [0.1, 0.15) is 6.42 Å². The second kappa shape index (κ2) is 1.94. The van der Waals surface area contributed by atoms with E-state index in [-0.39, 0.29) is 17.6 Å². The van der Waals surface area contributed by atoms with Crippen molar-refractivity contribution in [2.24, 2.45) is 17.8 Å². The van der Waals surface area contributed by atoms with Gasteiger partial charge in [-0.1, -0.05) is 12.2 Å². The third kappa shape index (κ3) is 0.737. The van der Waals surface area contributed by atoms with E-state index in [2.05, 4.69) is 0 Å². The summed E-state index contributed by atoms with van der Waals surface area (Å²) in [6.07, 6.45) is 4.01. The number of allylic oxidation sites excluding steroid dienone is 2. The van der Waals surface area contributed by atoms with Crippen molar-refractivity contribution in [3.63, 3.8) is 0 Å². The maximum Gasteiger partial charge on any atom is 0.308 e. The molecule has 1 N–H and O–H groups in total. The fourth-order valence-corrected chi connectivity index (χ4v) is 1.98. The average Bonchev–Trinajstić information content (AvgIpc) is 2.41. The molecule has 0 aromatic heterocycles. The summed E-state index contributed by atoms with van der Waals surface area (Å²) in [6.45, 7) is 0. The summed E-state index contributed by atoms with van der Waals surface area (Å²) in [4.78, 5) is 21.7. The molecule has 0 spiro atoms. The first-order valence-electron chi connectivity index (χ1n) is 3.64. The molecule has 11 heavy (non-hydrogen) atoms. The molecule has 0 aliphatic heterocycles. The number of aliphatic carboxylic acids is 1. The highest BCUT2D eigenvalue weighted by atomic mass is 16.4. The third-order valence-corrected chi connectivity index (χ3v) is 2.51. The summed E-state index contributed by atoms with van der Waals surface area (Å²) in [7, 11) is 0. The number of carboxylic acid groups (broad SMARTS) is 1. The van der Waals surface area contributed by atoms with Crippen molar-refractivity contribution in [2.75, 3.05) is 0 Å². The summed E-state index contributed by atoms with van der Waals surface area (Å²) >= 11 is 0. The van der Waals surface area contributed by atoms with Crippen LogP contribution in [0.4, 0.5) is 0 Å². The lowest BCUT2D eigenvalue weighted by molar-refractivity contribution is -0.143. The SMILES string of the molecule is O=C(O)[C@@H]1[C@@H]2C=C[C@H]1CC2=O. The van der Waals surface area contributed by atoms with E-state index >= 15 is 0 Å². The molecule has 0 saturated heterocycles. The van der Waals surface area contributed by atoms with Crippen LogP contribution in [0.2, 0.25) is 0 Å². The molecule has 0 aromatic carbocycles. The molecule has 0 aromatic rings. The van der Waals surface area contributed by atoms with Gasteiger partial charge in [-0.3, -0.25) is 9.59 Å². The van der Waals surface area contributed by atoms with Gasteiger partial charge in [-0.05, 0) is 5.92 Å². The van der Waals surface area contributed by atoms with Gasteiger partial charge >= 0.3 is 5.97 Å². The smallest absolute Gasteiger partial charge is 0.308 e. The number of hydrogen-bond acceptors (Lipinski definition) is 2. The van der Waals surface area contributed by atoms with Gasteiger partial charge in [0.25, 0.3) is 0 Å². The van der Waals surface area contributed by atoms with Crippen LogP contribution < -0.4 is 0 Å². The minimum atomic E-state index is -0.837. The molecule has 2 aliphatic carbocycles. The van der Waals surface area contributed by atoms with Crippen molar-refractivity contribution in [2.45, 2.75) is 6.42 Å². The van der Waals surface area contributed by atoms with E-state index in [0.29, 0.717) is 6.42 Å². The van der Waals surface area contributed by atoms with E-state index in [0.717, 1.165) is 0 Å². The summed E-state index contributed by atoms with van der Waals surface area (Å²) < 4.78 is 0. The van der Waals surface area contributed by atoms with Crippen LogP contribution in [0.5, 0.6) is 0 Å². The number of hydrogen-bond donors (Lipinski definition) is 1. The normalized spacial score (nSPS) is 40.0. The molecule has 0 amide bonds. The Morgan fingerprint density at radius 2 is 2.27 bits per heavy atom. The lowest BCUT2D eigenvalue weighted by atomic mass is 9.97. The summed E-state index contributed by atoms with van der Waals surface area (Å²) in [6, 6.07) is 0. The van der Waals surface area contributed by atoms with Crippen LogP contribution in [-0.4, -0.2) is 16.9 Å². The molecular formula is C8H8O3. The lowest BCUT2D eigenvalue weighted by Crippen LogP contribution is -2.20. The molecule has 3 heteroatoms. The number of carbonyl (C=O) groups is 2. The Kier molecular flexibility index (Phi) is 1.16. The van der Waals surface area contributed by atoms with E-state index in [9.17, 15) is 9.59 Å². The molecule has 3 nitrogen and oxygen atoms in total. The largest absolute Gasteiger partial charge is 0.481 e. The van der Waals surface area contributed by atoms with Gasteiger partial charge in [-0.15, -0.1) is 0 Å². The highest BCUT2D eigenvalue weighted by Crippen LogP contribution is 2.41. The zero-order valence-corrected chi connectivity index (χ0v) is 5.86. The van der Waals surface area contributed by atoms with Gasteiger partial charge in [-0.25, -0.2) is 0 Å². The van der Waals surface area contributed by atoms with Crippen molar-refractivity contribution in [3.05, 3.63) is 12.2 Å². The number of carboxylic acids is 1. The van der Waals surface area contributed by atoms with Crippen LogP contribution in [0.25, 0.3) is 0 Å². The molecule has 1 saturated carbocycles. The zero-order valence-electron chi connectivity index (χ0n) is 5.86. The second-order valence-corrected chi connectivity index (χ2v) is 3.11. The van der Waals surface area contributed by atoms with Crippen molar-refractivity contribution in [3.8, 4) is 0 Å². The molecule has 0 heterocycles. The van der Waals surface area contributed by atoms with Crippen molar-refractivity contribution < 1.29 is 14.7 Å². The highest BCUT2D eigenvalue weighted by Gasteiger charge is 2.47. The Balaban J connectivity index is 2.31. The molecule has 2 bridgehead atoms. The Bertz CT molecular complexity index is 254. The molecule has 1 fully saturated rings. The Hall–Kier alpha value is -1.12. The highest BCUT2D eigenvalue weighted by molar-refractivity contribution is 5.93. The van der Waals surface area contributed by atoms with Gasteiger partial charge in [0.05, 0.1) is 5.92 Å². The predicted molar refractivity (Wildman–Crippen MR) is 36.9 cm³/mol. The van der Waals surface area contributed by atoms with E-state index in [1.807, 2.05) is 6.08 Å². The van der Waals surface area contributed by atoms with Crippen molar-refractivity contribution in [1.29, 1.82) is 0 Å². The summed E-state index contributed by atoms with van der Waals surface area (Å²) in [5.41, 5.74) is 0. The van der Waals surface area contributed by atoms with Gasteiger partial charge in [-0.2, -0.15) is 0 Å². The number of rotatable bonds is 1. The molecule has 0 unspecified atom stereocenters. The molecule has 3 atom stereocenters. The fourth-order valence-electron chi connectivity index (χ4n) is 1.98. The van der Waals surface area contributed by atoms with E-state index < -0.39 is 11.9 Å². The molecule has 2 aliphatic rings. The Labute approximate surface area is 63.7 Å². The van der Waals surface area contributed by atoms with E-state index in [4.69, 9.17) is 5.11 Å². The number of fused-ring (bicyclic) bond motifs is 2. The van der Waals surface area contributed by atoms with Crippen LogP contribution in [-0.2, 0) is 9.59 Å². The van der Waals surface area contributed by atoms with Crippen molar-refractivity contribution in [1.82, 2.24) is 0 Å². The number of ketones is 1. The van der Waals surface area contributed by atoms with Gasteiger partial charge < -0.3 is 5.11 Å². The van der Waals surface area contributed by atoms with Gasteiger partial charge in [0.15, 0.2) is 0 Å². The minimum Gasteiger partial charge on any atom is -0.481 e. The fraction of sp³-hybridized carbons (Fsp3) is 0.500. The maximum absolute atomic E-state index is 11.0. The van der Waals surface area contributed by atoms with E-state index in [1.54, 1.807) is 6.08 Å². The standard InChI is InChI=1S/C8H8O3/c9-6-3-4-1-2-5(6)7(4)8(10)11/h1-2,4-5,7H,3H2,(H,10,11)/t4-,5+,7-/m0/s1. The molecule has 58 valence electrons. The van der Waals surface area contributed by atoms with Gasteiger partial charge in [0, 0.05) is 12.3 Å².